The molecule has 0 saturated heterocycles. The first-order chi connectivity index (χ1) is 4.68. The summed E-state index contributed by atoms with van der Waals surface area (Å²) in [5.41, 5.74) is 2.71. The highest BCUT2D eigenvalue weighted by molar-refractivity contribution is 5.44. The van der Waals surface area contributed by atoms with E-state index in [2.05, 4.69) is 45.1 Å². The van der Waals surface area contributed by atoms with Crippen molar-refractivity contribution in [3.63, 3.8) is 0 Å². The highest BCUT2D eigenvalue weighted by Crippen LogP contribution is 2.15. The van der Waals surface area contributed by atoms with Crippen LogP contribution < -0.4 is 0 Å². The van der Waals surface area contributed by atoms with E-state index in [9.17, 15) is 0 Å². The Kier molecular flexibility index (Phi) is 2.10. The van der Waals surface area contributed by atoms with E-state index in [4.69, 9.17) is 0 Å². The predicted octanol–water partition coefficient (Wildman–Crippen LogP) is 3.08. The molecular formula is C10H14. The number of hydrogen-bond donors (Lipinski definition) is 0. The van der Waals surface area contributed by atoms with Gasteiger partial charge < -0.3 is 0 Å². The lowest BCUT2D eigenvalue weighted by Gasteiger charge is -1.94. The second-order valence-corrected chi connectivity index (χ2v) is 3.13. The van der Waals surface area contributed by atoms with Gasteiger partial charge in [-0.2, -0.15) is 0 Å². The van der Waals surface area contributed by atoms with Crippen LogP contribution in [0.5, 0.6) is 0 Å². The van der Waals surface area contributed by atoms with Gasteiger partial charge in [0, 0.05) is 0 Å². The first-order valence-corrected chi connectivity index (χ1v) is 3.76. The lowest BCUT2D eigenvalue weighted by molar-refractivity contribution is 0.828. The van der Waals surface area contributed by atoms with Crippen molar-refractivity contribution in [2.75, 3.05) is 0 Å². The van der Waals surface area contributed by atoms with Crippen LogP contribution in [0.15, 0.2) is 35.5 Å². The molecule has 0 atom stereocenters. The van der Waals surface area contributed by atoms with E-state index in [0.717, 1.165) is 0 Å². The average molecular weight is 134 g/mol. The van der Waals surface area contributed by atoms with Crippen LogP contribution in [0.2, 0.25) is 0 Å². The molecule has 54 valence electrons. The molecule has 1 aliphatic rings. The molecule has 0 aromatic heterocycles. The third kappa shape index (κ3) is 1.87. The Morgan fingerprint density at radius 3 is 2.40 bits per heavy atom. The molecule has 0 aliphatic heterocycles. The monoisotopic (exact) mass is 134 g/mol. The fraction of sp³-hybridized carbons (Fsp3) is 0.400. The maximum Gasteiger partial charge on any atom is -0.0281 e. The van der Waals surface area contributed by atoms with Gasteiger partial charge in [0.25, 0.3) is 0 Å². The quantitative estimate of drug-likeness (QED) is 0.517. The van der Waals surface area contributed by atoms with Gasteiger partial charge in [-0.05, 0) is 18.4 Å². The molecule has 10 heavy (non-hydrogen) atoms. The van der Waals surface area contributed by atoms with E-state index < -0.39 is 0 Å². The van der Waals surface area contributed by atoms with Crippen LogP contribution in [0.25, 0.3) is 0 Å². The molecule has 0 saturated carbocycles. The van der Waals surface area contributed by atoms with E-state index >= 15 is 0 Å². The third-order valence-corrected chi connectivity index (χ3v) is 1.46. The van der Waals surface area contributed by atoms with Crippen LogP contribution in [0.4, 0.5) is 0 Å². The summed E-state index contributed by atoms with van der Waals surface area (Å²) in [6, 6.07) is 0. The zero-order chi connectivity index (χ0) is 7.56. The van der Waals surface area contributed by atoms with Crippen LogP contribution in [-0.2, 0) is 0 Å². The molecular weight excluding hydrogens is 120 g/mol. The van der Waals surface area contributed by atoms with Crippen molar-refractivity contribution in [3.8, 4) is 0 Å². The van der Waals surface area contributed by atoms with Crippen molar-refractivity contribution in [2.45, 2.75) is 20.8 Å². The fourth-order valence-electron chi connectivity index (χ4n) is 1.08. The molecule has 0 heterocycles. The maximum absolute atomic E-state index is 2.27. The van der Waals surface area contributed by atoms with E-state index in [1.165, 1.54) is 11.1 Å². The Balaban J connectivity index is 2.70. The summed E-state index contributed by atoms with van der Waals surface area (Å²) in [5, 5.41) is 0. The summed E-state index contributed by atoms with van der Waals surface area (Å²) in [4.78, 5) is 0. The van der Waals surface area contributed by atoms with Crippen LogP contribution in [0.1, 0.15) is 20.8 Å². The summed E-state index contributed by atoms with van der Waals surface area (Å²) >= 11 is 0. The van der Waals surface area contributed by atoms with Crippen molar-refractivity contribution in [1.29, 1.82) is 0 Å². The largest absolute Gasteiger partial charge is 0.0747 e. The van der Waals surface area contributed by atoms with Crippen LogP contribution in [0, 0.1) is 5.92 Å². The summed E-state index contributed by atoms with van der Waals surface area (Å²) in [6.45, 7) is 6.52. The molecule has 0 N–H and O–H groups in total. The van der Waals surface area contributed by atoms with Gasteiger partial charge in [0.15, 0.2) is 0 Å². The number of allylic oxidation sites excluding steroid dienone is 6. The highest BCUT2D eigenvalue weighted by atomic mass is 14.0. The molecule has 0 fully saturated rings. The first-order valence-electron chi connectivity index (χ1n) is 3.76. The zero-order valence-electron chi connectivity index (χ0n) is 6.89. The van der Waals surface area contributed by atoms with E-state index in [1.54, 1.807) is 0 Å². The summed E-state index contributed by atoms with van der Waals surface area (Å²) in [5.74, 6) is 0.654. The lowest BCUT2D eigenvalue weighted by atomic mass is 10.1. The molecule has 0 spiro atoms. The van der Waals surface area contributed by atoms with Crippen molar-refractivity contribution < 1.29 is 0 Å². The minimum atomic E-state index is 0.654. The summed E-state index contributed by atoms with van der Waals surface area (Å²) in [7, 11) is 0. The Morgan fingerprint density at radius 2 is 2.00 bits per heavy atom. The third-order valence-electron chi connectivity index (χ3n) is 1.46. The van der Waals surface area contributed by atoms with Crippen LogP contribution >= 0.6 is 0 Å². The van der Waals surface area contributed by atoms with Gasteiger partial charge >= 0.3 is 0 Å². The van der Waals surface area contributed by atoms with Gasteiger partial charge in [-0.15, -0.1) is 0 Å². The van der Waals surface area contributed by atoms with E-state index in [-0.39, 0.29) is 0 Å². The molecule has 0 amide bonds. The zero-order valence-corrected chi connectivity index (χ0v) is 6.89. The maximum atomic E-state index is 2.27. The molecule has 0 radical (unpaired) electrons. The summed E-state index contributed by atoms with van der Waals surface area (Å²) < 4.78 is 0. The first kappa shape index (κ1) is 7.33. The molecule has 0 aromatic rings. The smallest absolute Gasteiger partial charge is 0.0281 e. The predicted molar refractivity (Wildman–Crippen MR) is 45.8 cm³/mol. The molecule has 0 heteroatoms. The van der Waals surface area contributed by atoms with E-state index in [0.29, 0.717) is 5.92 Å². The second kappa shape index (κ2) is 2.87. The van der Waals surface area contributed by atoms with Crippen molar-refractivity contribution in [1.82, 2.24) is 0 Å². The van der Waals surface area contributed by atoms with Crippen LogP contribution in [-0.4, -0.2) is 0 Å². The van der Waals surface area contributed by atoms with Crippen molar-refractivity contribution in [2.24, 2.45) is 5.92 Å². The topological polar surface area (TPSA) is 0 Å². The standard InChI is InChI=1S/C10H14/c1-8(2)6-10-5-4-9(3)7-10/h4-8H,1-3H3. The molecule has 1 rings (SSSR count). The highest BCUT2D eigenvalue weighted by Gasteiger charge is 1.96. The Morgan fingerprint density at radius 1 is 1.30 bits per heavy atom. The van der Waals surface area contributed by atoms with Crippen molar-refractivity contribution >= 4 is 0 Å². The normalized spacial score (nSPS) is 20.8. The van der Waals surface area contributed by atoms with Gasteiger partial charge in [0.05, 0.1) is 0 Å². The lowest BCUT2D eigenvalue weighted by Crippen LogP contribution is -1.79. The van der Waals surface area contributed by atoms with Crippen LogP contribution in [0.3, 0.4) is 0 Å². The number of hydrogen-bond acceptors (Lipinski definition) is 0. The fourth-order valence-corrected chi connectivity index (χ4v) is 1.08. The minimum Gasteiger partial charge on any atom is -0.0747 e. The van der Waals surface area contributed by atoms with Gasteiger partial charge in [0.2, 0.25) is 0 Å². The second-order valence-electron chi connectivity index (χ2n) is 3.13. The molecule has 0 unspecified atom stereocenters. The molecule has 0 aromatic carbocycles. The number of rotatable bonds is 1. The SMILES string of the molecule is CC1=CC(=CC(C)C)C=C1. The molecule has 0 nitrogen and oxygen atoms in total. The summed E-state index contributed by atoms with van der Waals surface area (Å²) in [6.07, 6.45) is 8.79. The molecule has 1 aliphatic carbocycles. The Labute approximate surface area is 62.9 Å². The minimum absolute atomic E-state index is 0.654. The van der Waals surface area contributed by atoms with Crippen molar-refractivity contribution in [3.05, 3.63) is 35.5 Å². The van der Waals surface area contributed by atoms with Gasteiger partial charge in [0.1, 0.15) is 0 Å². The average Bonchev–Trinajstić information content (AvgIpc) is 2.13. The van der Waals surface area contributed by atoms with Gasteiger partial charge in [-0.3, -0.25) is 0 Å². The van der Waals surface area contributed by atoms with Gasteiger partial charge in [-0.25, -0.2) is 0 Å². The van der Waals surface area contributed by atoms with E-state index in [1.807, 2.05) is 0 Å². The Hall–Kier alpha value is -0.780. The molecule has 0 bridgehead atoms. The van der Waals surface area contributed by atoms with Gasteiger partial charge in [-0.1, -0.05) is 43.7 Å². The Bertz CT molecular complexity index is 202.